The number of rotatable bonds is 7. The smallest absolute Gasteiger partial charge is 0.141 e. The highest BCUT2D eigenvalue weighted by molar-refractivity contribution is 5.89. The zero-order valence-corrected chi connectivity index (χ0v) is 18.4. The molecule has 174 valence electrons. The van der Waals surface area contributed by atoms with Crippen LogP contribution in [0.5, 0.6) is 5.75 Å². The number of hydrogen-bond donors (Lipinski definition) is 1. The maximum atomic E-state index is 13.4. The van der Waals surface area contributed by atoms with E-state index in [-0.39, 0.29) is 17.9 Å². The molecule has 1 fully saturated rings. The molecule has 4 heterocycles. The van der Waals surface area contributed by atoms with Gasteiger partial charge in [-0.2, -0.15) is 10.4 Å². The lowest BCUT2D eigenvalue weighted by atomic mass is 10.1. The summed E-state index contributed by atoms with van der Waals surface area (Å²) in [6, 6.07) is 7.32. The van der Waals surface area contributed by atoms with Gasteiger partial charge in [-0.1, -0.05) is 0 Å². The van der Waals surface area contributed by atoms with Crippen molar-refractivity contribution in [3.8, 4) is 23.1 Å². The first kappa shape index (κ1) is 22.0. The van der Waals surface area contributed by atoms with Crippen LogP contribution in [0.1, 0.15) is 25.3 Å². The quantitative estimate of drug-likeness (QED) is 0.443. The number of hydrogen-bond acceptors (Lipinski definition) is 6. The van der Waals surface area contributed by atoms with Gasteiger partial charge in [-0.25, -0.2) is 18.7 Å². The van der Waals surface area contributed by atoms with Crippen LogP contribution in [0.4, 0.5) is 8.78 Å². The highest BCUT2D eigenvalue weighted by Gasteiger charge is 2.24. The second-order valence-electron chi connectivity index (χ2n) is 8.41. The van der Waals surface area contributed by atoms with Gasteiger partial charge in [0.2, 0.25) is 0 Å². The number of likely N-dealkylation sites (tertiary alicyclic amines) is 1. The molecular formula is C24H23F2N7O. The minimum Gasteiger partial charge on any atom is -0.490 e. The highest BCUT2D eigenvalue weighted by atomic mass is 19.1. The fraction of sp³-hybridized carbons (Fsp3) is 0.333. The summed E-state index contributed by atoms with van der Waals surface area (Å²) in [4.78, 5) is 14.0. The summed E-state index contributed by atoms with van der Waals surface area (Å²) in [5.74, 6) is -1.09. The maximum absolute atomic E-state index is 13.4. The van der Waals surface area contributed by atoms with Crippen LogP contribution < -0.4 is 4.74 Å². The van der Waals surface area contributed by atoms with Gasteiger partial charge in [-0.3, -0.25) is 4.68 Å². The molecular weight excluding hydrogens is 440 g/mol. The Morgan fingerprint density at radius 3 is 2.74 bits per heavy atom. The second-order valence-corrected chi connectivity index (χ2v) is 8.41. The van der Waals surface area contributed by atoms with E-state index in [1.54, 1.807) is 6.20 Å². The Morgan fingerprint density at radius 1 is 1.18 bits per heavy atom. The molecule has 0 aliphatic carbocycles. The monoisotopic (exact) mass is 463 g/mol. The normalized spacial score (nSPS) is 15.9. The van der Waals surface area contributed by atoms with E-state index in [9.17, 15) is 14.0 Å². The molecule has 0 amide bonds. The van der Waals surface area contributed by atoms with Gasteiger partial charge in [-0.15, -0.1) is 0 Å². The molecule has 1 aromatic carbocycles. The van der Waals surface area contributed by atoms with Crippen LogP contribution in [0.3, 0.4) is 0 Å². The Labute approximate surface area is 194 Å². The minimum absolute atomic E-state index is 0.107. The van der Waals surface area contributed by atoms with Crippen molar-refractivity contribution in [1.29, 1.82) is 5.26 Å². The molecule has 4 aromatic rings. The molecule has 1 saturated heterocycles. The molecule has 0 radical (unpaired) electrons. The molecule has 1 aliphatic rings. The van der Waals surface area contributed by atoms with E-state index in [0.717, 1.165) is 54.3 Å². The van der Waals surface area contributed by atoms with Gasteiger partial charge >= 0.3 is 0 Å². The van der Waals surface area contributed by atoms with Crippen LogP contribution in [0, 0.1) is 23.0 Å². The van der Waals surface area contributed by atoms with E-state index < -0.39 is 11.6 Å². The van der Waals surface area contributed by atoms with Crippen LogP contribution in [-0.2, 0) is 0 Å². The number of fused-ring (bicyclic) bond motifs is 1. The van der Waals surface area contributed by atoms with Crippen LogP contribution in [0.15, 0.2) is 49.2 Å². The van der Waals surface area contributed by atoms with Crippen molar-refractivity contribution < 1.29 is 13.5 Å². The summed E-state index contributed by atoms with van der Waals surface area (Å²) in [7, 11) is 0. The van der Waals surface area contributed by atoms with Crippen LogP contribution in [0.25, 0.3) is 22.3 Å². The number of nitrogens with zero attached hydrogens (tertiary/aromatic N) is 6. The molecule has 1 unspecified atom stereocenters. The van der Waals surface area contributed by atoms with E-state index in [0.29, 0.717) is 13.0 Å². The molecule has 0 spiro atoms. The molecule has 1 N–H and O–H groups in total. The average molecular weight is 463 g/mol. The SMILES string of the molecule is N#CCC(CN1CCC(Oc2cc(F)cc(F)c2)CC1)n1cc(-c2ncnc3[nH]ccc23)cn1. The standard InChI is InChI=1S/C24H23F2N7O/c25-17-9-18(26)11-21(10-17)34-20-3-7-32(8-4-20)14-19(1-5-27)33-13-16(12-31-33)23-22-2-6-28-24(22)30-15-29-23/h2,6,9-13,15,19-20H,1,3-4,7-8,14H2,(H,28,29,30). The number of H-pyrrole nitrogens is 1. The molecule has 5 rings (SSSR count). The molecule has 1 aliphatic heterocycles. The van der Waals surface area contributed by atoms with Gasteiger partial charge in [0, 0.05) is 61.2 Å². The van der Waals surface area contributed by atoms with E-state index >= 15 is 0 Å². The topological polar surface area (TPSA) is 95.6 Å². The summed E-state index contributed by atoms with van der Waals surface area (Å²) in [5, 5.41) is 14.8. The Balaban J connectivity index is 1.23. The van der Waals surface area contributed by atoms with Crippen LogP contribution in [0.2, 0.25) is 0 Å². The first-order valence-electron chi connectivity index (χ1n) is 11.1. The van der Waals surface area contributed by atoms with Crippen molar-refractivity contribution in [3.63, 3.8) is 0 Å². The number of piperidine rings is 1. The lowest BCUT2D eigenvalue weighted by molar-refractivity contribution is 0.0907. The Hall–Kier alpha value is -3.84. The van der Waals surface area contributed by atoms with Gasteiger partial charge in [0.25, 0.3) is 0 Å². The number of aromatic nitrogens is 5. The molecule has 1 atom stereocenters. The number of benzene rings is 1. The minimum atomic E-state index is -0.649. The van der Waals surface area contributed by atoms with Crippen molar-refractivity contribution in [3.05, 3.63) is 60.8 Å². The first-order chi connectivity index (χ1) is 16.6. The first-order valence-corrected chi connectivity index (χ1v) is 11.1. The third-order valence-corrected chi connectivity index (χ3v) is 6.07. The predicted molar refractivity (Wildman–Crippen MR) is 121 cm³/mol. The van der Waals surface area contributed by atoms with Gasteiger partial charge in [0.1, 0.15) is 35.5 Å². The molecule has 0 bridgehead atoms. The van der Waals surface area contributed by atoms with Gasteiger partial charge < -0.3 is 14.6 Å². The second kappa shape index (κ2) is 9.57. The number of nitrogens with one attached hydrogen (secondary N) is 1. The third kappa shape index (κ3) is 4.75. The predicted octanol–water partition coefficient (Wildman–Crippen LogP) is 4.10. The third-order valence-electron chi connectivity index (χ3n) is 6.07. The number of halogens is 2. The summed E-state index contributed by atoms with van der Waals surface area (Å²) >= 11 is 0. The van der Waals surface area contributed by atoms with Crippen LogP contribution in [-0.4, -0.2) is 55.4 Å². The number of aromatic amines is 1. The Morgan fingerprint density at radius 2 is 1.97 bits per heavy atom. The molecule has 10 heteroatoms. The van der Waals surface area contributed by atoms with Crippen molar-refractivity contribution in [1.82, 2.24) is 29.6 Å². The number of nitriles is 1. The zero-order chi connectivity index (χ0) is 23.5. The summed E-state index contributed by atoms with van der Waals surface area (Å²) in [6.07, 6.45) is 8.70. The van der Waals surface area contributed by atoms with E-state index in [2.05, 4.69) is 31.0 Å². The van der Waals surface area contributed by atoms with Gasteiger partial charge in [0.05, 0.1) is 30.4 Å². The highest BCUT2D eigenvalue weighted by Crippen LogP contribution is 2.27. The summed E-state index contributed by atoms with van der Waals surface area (Å²) < 4.78 is 34.5. The van der Waals surface area contributed by atoms with E-state index in [1.165, 1.54) is 18.5 Å². The Bertz CT molecular complexity index is 1300. The fourth-order valence-corrected chi connectivity index (χ4v) is 4.41. The summed E-state index contributed by atoms with van der Waals surface area (Å²) in [5.41, 5.74) is 2.42. The molecule has 3 aromatic heterocycles. The van der Waals surface area contributed by atoms with Crippen molar-refractivity contribution in [2.45, 2.75) is 31.4 Å². The van der Waals surface area contributed by atoms with Gasteiger partial charge in [0.15, 0.2) is 0 Å². The van der Waals surface area contributed by atoms with Gasteiger partial charge in [-0.05, 0) is 18.9 Å². The largest absolute Gasteiger partial charge is 0.490 e. The average Bonchev–Trinajstić information content (AvgIpc) is 3.49. The van der Waals surface area contributed by atoms with E-state index in [1.807, 2.05) is 23.1 Å². The number of ether oxygens (including phenoxy) is 1. The maximum Gasteiger partial charge on any atom is 0.141 e. The van der Waals surface area contributed by atoms with Crippen molar-refractivity contribution in [2.24, 2.45) is 0 Å². The lowest BCUT2D eigenvalue weighted by Crippen LogP contribution is -2.41. The lowest BCUT2D eigenvalue weighted by Gasteiger charge is -2.34. The zero-order valence-electron chi connectivity index (χ0n) is 18.4. The Kier molecular flexibility index (Phi) is 6.18. The van der Waals surface area contributed by atoms with E-state index in [4.69, 9.17) is 4.74 Å². The van der Waals surface area contributed by atoms with Crippen molar-refractivity contribution in [2.75, 3.05) is 19.6 Å². The van der Waals surface area contributed by atoms with Crippen molar-refractivity contribution >= 4 is 11.0 Å². The molecule has 0 saturated carbocycles. The molecule has 8 nitrogen and oxygen atoms in total. The summed E-state index contributed by atoms with van der Waals surface area (Å²) in [6.45, 7) is 2.18. The van der Waals surface area contributed by atoms with Crippen LogP contribution >= 0.6 is 0 Å². The molecule has 34 heavy (non-hydrogen) atoms. The fourth-order valence-electron chi connectivity index (χ4n) is 4.41.